The Balaban J connectivity index is 1.65. The summed E-state index contributed by atoms with van der Waals surface area (Å²) >= 11 is 0. The number of aryl methyl sites for hydroxylation is 1. The van der Waals surface area contributed by atoms with Gasteiger partial charge in [-0.25, -0.2) is 4.98 Å². The first-order valence-corrected chi connectivity index (χ1v) is 7.20. The van der Waals surface area contributed by atoms with Crippen LogP contribution in [0.2, 0.25) is 0 Å². The molecule has 0 spiro atoms. The minimum Gasteiger partial charge on any atom is -0.472 e. The highest BCUT2D eigenvalue weighted by Crippen LogP contribution is 2.18. The molecular weight excluding hydrogens is 282 g/mol. The molecule has 3 heterocycles. The number of nitrogens with zero attached hydrogens (tertiary/aromatic N) is 2. The van der Waals surface area contributed by atoms with Gasteiger partial charge in [-0.1, -0.05) is 6.07 Å². The highest BCUT2D eigenvalue weighted by atomic mass is 16.5. The molecular formula is C16H17N3O3. The third kappa shape index (κ3) is 3.00. The molecule has 1 N–H and O–H groups in total. The number of carbonyl (C=O) groups excluding carboxylic acids is 1. The zero-order valence-corrected chi connectivity index (χ0v) is 12.3. The molecule has 6 heteroatoms. The van der Waals surface area contributed by atoms with Crippen molar-refractivity contribution in [3.8, 4) is 5.88 Å². The van der Waals surface area contributed by atoms with Crippen molar-refractivity contribution in [3.63, 3.8) is 0 Å². The van der Waals surface area contributed by atoms with Gasteiger partial charge < -0.3 is 14.6 Å². The predicted molar refractivity (Wildman–Crippen MR) is 81.0 cm³/mol. The van der Waals surface area contributed by atoms with E-state index < -0.39 is 0 Å². The first-order chi connectivity index (χ1) is 10.6. The van der Waals surface area contributed by atoms with Crippen molar-refractivity contribution in [2.75, 3.05) is 13.1 Å². The number of H-pyrrole nitrogens is 1. The number of likely N-dealkylation sites (tertiary alicyclic amines) is 1. The van der Waals surface area contributed by atoms with Crippen molar-refractivity contribution >= 4 is 5.91 Å². The first-order valence-electron chi connectivity index (χ1n) is 7.20. The fourth-order valence-corrected chi connectivity index (χ4v) is 2.46. The largest absolute Gasteiger partial charge is 0.472 e. The van der Waals surface area contributed by atoms with Gasteiger partial charge in [-0.2, -0.15) is 0 Å². The number of hydrogen-bond acceptors (Lipinski definition) is 4. The van der Waals surface area contributed by atoms with Crippen LogP contribution in [0.5, 0.6) is 5.88 Å². The van der Waals surface area contributed by atoms with Crippen LogP contribution in [0, 0.1) is 6.92 Å². The molecule has 0 aromatic carbocycles. The summed E-state index contributed by atoms with van der Waals surface area (Å²) in [4.78, 5) is 32.4. The molecule has 0 aliphatic carbocycles. The maximum atomic E-state index is 12.3. The number of pyridine rings is 2. The van der Waals surface area contributed by atoms with Crippen molar-refractivity contribution in [3.05, 3.63) is 58.1 Å². The van der Waals surface area contributed by atoms with E-state index in [1.807, 2.05) is 19.1 Å². The van der Waals surface area contributed by atoms with Gasteiger partial charge in [0, 0.05) is 31.4 Å². The van der Waals surface area contributed by atoms with Gasteiger partial charge in [0.2, 0.25) is 5.88 Å². The van der Waals surface area contributed by atoms with E-state index in [1.54, 1.807) is 17.2 Å². The topological polar surface area (TPSA) is 75.3 Å². The molecule has 0 radical (unpaired) electrons. The summed E-state index contributed by atoms with van der Waals surface area (Å²) in [5, 5.41) is 0. The lowest BCUT2D eigenvalue weighted by Gasteiger charge is -2.16. The molecule has 1 unspecified atom stereocenters. The van der Waals surface area contributed by atoms with E-state index in [0.717, 1.165) is 12.0 Å². The first kappa shape index (κ1) is 14.3. The summed E-state index contributed by atoms with van der Waals surface area (Å²) in [5.74, 6) is 0.298. The fourth-order valence-electron chi connectivity index (χ4n) is 2.46. The third-order valence-corrected chi connectivity index (χ3v) is 3.65. The van der Waals surface area contributed by atoms with Crippen molar-refractivity contribution < 1.29 is 9.53 Å². The Morgan fingerprint density at radius 2 is 2.27 bits per heavy atom. The normalized spacial score (nSPS) is 17.5. The monoisotopic (exact) mass is 299 g/mol. The van der Waals surface area contributed by atoms with Crippen LogP contribution in [-0.2, 0) is 0 Å². The second-order valence-corrected chi connectivity index (χ2v) is 5.37. The summed E-state index contributed by atoms with van der Waals surface area (Å²) in [6, 6.07) is 6.94. The third-order valence-electron chi connectivity index (χ3n) is 3.65. The Bertz CT molecular complexity index is 724. The smallest absolute Gasteiger partial charge is 0.260 e. The van der Waals surface area contributed by atoms with Crippen molar-refractivity contribution in [1.29, 1.82) is 0 Å². The molecule has 114 valence electrons. The van der Waals surface area contributed by atoms with Crippen LogP contribution in [-0.4, -0.2) is 40.0 Å². The molecule has 3 rings (SSSR count). The molecule has 2 aromatic heterocycles. The molecule has 1 atom stereocenters. The average Bonchev–Trinajstić information content (AvgIpc) is 2.98. The van der Waals surface area contributed by atoms with Crippen molar-refractivity contribution in [1.82, 2.24) is 14.9 Å². The Labute approximate surface area is 127 Å². The molecule has 1 aliphatic heterocycles. The van der Waals surface area contributed by atoms with Gasteiger partial charge >= 0.3 is 0 Å². The van der Waals surface area contributed by atoms with E-state index in [9.17, 15) is 9.59 Å². The van der Waals surface area contributed by atoms with Gasteiger partial charge in [0.25, 0.3) is 11.5 Å². The summed E-state index contributed by atoms with van der Waals surface area (Å²) in [6.45, 7) is 3.00. The number of amides is 1. The number of rotatable bonds is 3. The SMILES string of the molecule is Cc1ccc(OC2CCN(C(=O)c3ccc[nH]c3=O)C2)nc1. The number of aromatic nitrogens is 2. The van der Waals surface area contributed by atoms with Crippen LogP contribution in [0.25, 0.3) is 0 Å². The quantitative estimate of drug-likeness (QED) is 0.929. The number of hydrogen-bond donors (Lipinski definition) is 1. The maximum absolute atomic E-state index is 12.3. The number of ether oxygens (including phenoxy) is 1. The lowest BCUT2D eigenvalue weighted by atomic mass is 10.2. The molecule has 1 saturated heterocycles. The van der Waals surface area contributed by atoms with Crippen molar-refractivity contribution in [2.24, 2.45) is 0 Å². The standard InChI is InChI=1S/C16H17N3O3/c1-11-4-5-14(18-9-11)22-12-6-8-19(10-12)16(21)13-3-2-7-17-15(13)20/h2-5,7,9,12H,6,8,10H2,1H3,(H,17,20). The van der Waals surface area contributed by atoms with Gasteiger partial charge in [0.1, 0.15) is 11.7 Å². The molecule has 22 heavy (non-hydrogen) atoms. The van der Waals surface area contributed by atoms with E-state index in [1.165, 1.54) is 12.3 Å². The van der Waals surface area contributed by atoms with Gasteiger partial charge in [-0.15, -0.1) is 0 Å². The molecule has 0 saturated carbocycles. The average molecular weight is 299 g/mol. The molecule has 6 nitrogen and oxygen atoms in total. The molecule has 1 amide bonds. The Morgan fingerprint density at radius 1 is 1.41 bits per heavy atom. The molecule has 0 bridgehead atoms. The fraction of sp³-hybridized carbons (Fsp3) is 0.312. The summed E-state index contributed by atoms with van der Waals surface area (Å²) in [5.41, 5.74) is 0.868. The number of carbonyl (C=O) groups is 1. The predicted octanol–water partition coefficient (Wildman–Crippen LogP) is 1.37. The van der Waals surface area contributed by atoms with Crippen molar-refractivity contribution in [2.45, 2.75) is 19.4 Å². The summed E-state index contributed by atoms with van der Waals surface area (Å²) in [7, 11) is 0. The van der Waals surface area contributed by atoms with E-state index in [-0.39, 0.29) is 23.1 Å². The second-order valence-electron chi connectivity index (χ2n) is 5.37. The van der Waals surface area contributed by atoms with E-state index in [2.05, 4.69) is 9.97 Å². The summed E-state index contributed by atoms with van der Waals surface area (Å²) in [6.07, 6.45) is 3.89. The maximum Gasteiger partial charge on any atom is 0.260 e. The molecule has 2 aromatic rings. The van der Waals surface area contributed by atoms with Crippen LogP contribution < -0.4 is 10.3 Å². The van der Waals surface area contributed by atoms with E-state index in [4.69, 9.17) is 4.74 Å². The lowest BCUT2D eigenvalue weighted by molar-refractivity contribution is 0.0769. The van der Waals surface area contributed by atoms with Crippen LogP contribution in [0.15, 0.2) is 41.5 Å². The van der Waals surface area contributed by atoms with E-state index >= 15 is 0 Å². The van der Waals surface area contributed by atoms with E-state index in [0.29, 0.717) is 19.0 Å². The Kier molecular flexibility index (Phi) is 3.91. The van der Waals surface area contributed by atoms with Gasteiger partial charge in [-0.3, -0.25) is 9.59 Å². The van der Waals surface area contributed by atoms with Crippen LogP contribution in [0.4, 0.5) is 0 Å². The summed E-state index contributed by atoms with van der Waals surface area (Å²) < 4.78 is 5.79. The zero-order valence-electron chi connectivity index (χ0n) is 12.3. The molecule has 1 fully saturated rings. The van der Waals surface area contributed by atoms with Gasteiger partial charge in [0.05, 0.1) is 6.54 Å². The second kappa shape index (κ2) is 6.01. The minimum absolute atomic E-state index is 0.0954. The van der Waals surface area contributed by atoms with Crippen LogP contribution >= 0.6 is 0 Å². The lowest BCUT2D eigenvalue weighted by Crippen LogP contribution is -2.34. The van der Waals surface area contributed by atoms with Crippen LogP contribution in [0.3, 0.4) is 0 Å². The zero-order chi connectivity index (χ0) is 15.5. The number of nitrogens with one attached hydrogen (secondary N) is 1. The Morgan fingerprint density at radius 3 is 3.00 bits per heavy atom. The van der Waals surface area contributed by atoms with Gasteiger partial charge in [-0.05, 0) is 24.6 Å². The molecule has 1 aliphatic rings. The highest BCUT2D eigenvalue weighted by Gasteiger charge is 2.29. The van der Waals surface area contributed by atoms with Gasteiger partial charge in [0.15, 0.2) is 0 Å². The van der Waals surface area contributed by atoms with Crippen LogP contribution in [0.1, 0.15) is 22.3 Å². The number of aromatic amines is 1. The highest BCUT2D eigenvalue weighted by molar-refractivity contribution is 5.94. The Hall–Kier alpha value is -2.63. The minimum atomic E-state index is -0.364.